The highest BCUT2D eigenvalue weighted by atomic mass is 32.2. The first-order valence-electron chi connectivity index (χ1n) is 11.4. The summed E-state index contributed by atoms with van der Waals surface area (Å²) in [5.74, 6) is 0.366. The number of thioether (sulfide) groups is 1. The van der Waals surface area contributed by atoms with E-state index in [4.69, 9.17) is 4.74 Å². The highest BCUT2D eigenvalue weighted by Gasteiger charge is 2.42. The minimum absolute atomic E-state index is 0.0699. The van der Waals surface area contributed by atoms with Gasteiger partial charge in [0.05, 0.1) is 16.9 Å². The van der Waals surface area contributed by atoms with E-state index < -0.39 is 6.04 Å². The van der Waals surface area contributed by atoms with E-state index >= 15 is 0 Å². The van der Waals surface area contributed by atoms with Gasteiger partial charge in [0, 0.05) is 42.7 Å². The van der Waals surface area contributed by atoms with Gasteiger partial charge >= 0.3 is 0 Å². The number of fused-ring (bicyclic) bond motifs is 3. The summed E-state index contributed by atoms with van der Waals surface area (Å²) < 4.78 is 7.74. The summed E-state index contributed by atoms with van der Waals surface area (Å²) in [4.78, 5) is 28.8. The molecule has 2 heterocycles. The van der Waals surface area contributed by atoms with Crippen LogP contribution in [0.3, 0.4) is 0 Å². The molecule has 2 aliphatic rings. The predicted molar refractivity (Wildman–Crippen MR) is 124 cm³/mol. The lowest BCUT2D eigenvalue weighted by Crippen LogP contribution is -2.48. The van der Waals surface area contributed by atoms with Crippen molar-refractivity contribution in [3.05, 3.63) is 29.8 Å². The highest BCUT2D eigenvalue weighted by Crippen LogP contribution is 2.44. The van der Waals surface area contributed by atoms with Crippen LogP contribution in [-0.2, 0) is 21.4 Å². The standard InChI is InChI=1S/C24H33N3O3S/c1-16(2)30-14-8-13-25-23(29)22-21-18-11-6-7-12-19(18)26(3)24(21)31-15-20(28)27(22)17-9-4-5-10-17/h6-7,11-12,16-17,22H,4-5,8-10,13-15H2,1-3H3,(H,25,29). The van der Waals surface area contributed by atoms with E-state index in [1.54, 1.807) is 11.8 Å². The Labute approximate surface area is 188 Å². The summed E-state index contributed by atoms with van der Waals surface area (Å²) in [5.41, 5.74) is 2.08. The fourth-order valence-electron chi connectivity index (χ4n) is 4.88. The summed E-state index contributed by atoms with van der Waals surface area (Å²) in [7, 11) is 2.03. The quantitative estimate of drug-likeness (QED) is 0.657. The number of nitrogens with one attached hydrogen (secondary N) is 1. The normalized spacial score (nSPS) is 19.8. The minimum atomic E-state index is -0.585. The summed E-state index contributed by atoms with van der Waals surface area (Å²) >= 11 is 1.56. The van der Waals surface area contributed by atoms with Gasteiger partial charge in [-0.1, -0.05) is 42.8 Å². The number of benzene rings is 1. The van der Waals surface area contributed by atoms with Gasteiger partial charge in [-0.3, -0.25) is 9.59 Å². The van der Waals surface area contributed by atoms with Gasteiger partial charge in [-0.2, -0.15) is 0 Å². The monoisotopic (exact) mass is 443 g/mol. The summed E-state index contributed by atoms with van der Waals surface area (Å²) in [6, 6.07) is 7.75. The van der Waals surface area contributed by atoms with Gasteiger partial charge in [0.15, 0.2) is 0 Å². The van der Waals surface area contributed by atoms with Crippen LogP contribution >= 0.6 is 11.8 Å². The molecule has 168 valence electrons. The van der Waals surface area contributed by atoms with E-state index in [0.717, 1.165) is 53.6 Å². The molecule has 2 aromatic rings. The molecule has 1 aliphatic heterocycles. The summed E-state index contributed by atoms with van der Waals surface area (Å²) in [6.07, 6.45) is 5.12. The molecule has 0 spiro atoms. The number of ether oxygens (including phenoxy) is 1. The molecule has 31 heavy (non-hydrogen) atoms. The van der Waals surface area contributed by atoms with Crippen LogP contribution in [0, 0.1) is 0 Å². The maximum atomic E-state index is 13.6. The lowest BCUT2D eigenvalue weighted by atomic mass is 10.0. The maximum absolute atomic E-state index is 13.6. The lowest BCUT2D eigenvalue weighted by Gasteiger charge is -2.34. The molecule has 0 saturated heterocycles. The number of nitrogens with zero attached hydrogens (tertiary/aromatic N) is 2. The number of aryl methyl sites for hydroxylation is 1. The van der Waals surface area contributed by atoms with Crippen LogP contribution in [0.25, 0.3) is 10.9 Å². The number of hydrogen-bond acceptors (Lipinski definition) is 4. The molecular weight excluding hydrogens is 410 g/mol. The van der Waals surface area contributed by atoms with Crippen LogP contribution in [0.2, 0.25) is 0 Å². The Balaban J connectivity index is 1.69. The molecule has 1 atom stereocenters. The van der Waals surface area contributed by atoms with Crippen molar-refractivity contribution in [2.24, 2.45) is 7.05 Å². The van der Waals surface area contributed by atoms with Gasteiger partial charge in [0.2, 0.25) is 11.8 Å². The molecule has 1 unspecified atom stereocenters. The second-order valence-electron chi connectivity index (χ2n) is 8.79. The number of amides is 2. The van der Waals surface area contributed by atoms with Crippen LogP contribution in [0.4, 0.5) is 0 Å². The van der Waals surface area contributed by atoms with Crippen molar-refractivity contribution in [1.82, 2.24) is 14.8 Å². The molecular formula is C24H33N3O3S. The fraction of sp³-hybridized carbons (Fsp3) is 0.583. The molecule has 1 aromatic carbocycles. The highest BCUT2D eigenvalue weighted by molar-refractivity contribution is 8.00. The first kappa shape index (κ1) is 22.2. The molecule has 1 aromatic heterocycles. The van der Waals surface area contributed by atoms with Crippen LogP contribution in [0.1, 0.15) is 57.6 Å². The second-order valence-corrected chi connectivity index (χ2v) is 9.75. The summed E-state index contributed by atoms with van der Waals surface area (Å²) in [6.45, 7) is 5.18. The average molecular weight is 444 g/mol. The number of carbonyl (C=O) groups excluding carboxylic acids is 2. The first-order chi connectivity index (χ1) is 15.0. The Morgan fingerprint density at radius 2 is 2.00 bits per heavy atom. The topological polar surface area (TPSA) is 63.6 Å². The van der Waals surface area contributed by atoms with Gasteiger partial charge in [0.25, 0.3) is 0 Å². The van der Waals surface area contributed by atoms with Crippen LogP contribution in [0.15, 0.2) is 29.3 Å². The number of hydrogen-bond donors (Lipinski definition) is 1. The largest absolute Gasteiger partial charge is 0.379 e. The van der Waals surface area contributed by atoms with E-state index in [0.29, 0.717) is 18.9 Å². The summed E-state index contributed by atoms with van der Waals surface area (Å²) in [5, 5.41) is 5.20. The maximum Gasteiger partial charge on any atom is 0.247 e. The molecule has 1 N–H and O–H groups in total. The van der Waals surface area contributed by atoms with E-state index in [1.807, 2.05) is 37.9 Å². The van der Waals surface area contributed by atoms with Gasteiger partial charge in [-0.25, -0.2) is 0 Å². The van der Waals surface area contributed by atoms with Crippen LogP contribution in [0.5, 0.6) is 0 Å². The number of para-hydroxylation sites is 1. The zero-order chi connectivity index (χ0) is 22.0. The molecule has 4 rings (SSSR count). The van der Waals surface area contributed by atoms with Crippen molar-refractivity contribution in [3.63, 3.8) is 0 Å². The predicted octanol–water partition coefficient (Wildman–Crippen LogP) is 4.03. The molecule has 1 aliphatic carbocycles. The van der Waals surface area contributed by atoms with Gasteiger partial charge < -0.3 is 19.5 Å². The first-order valence-corrected chi connectivity index (χ1v) is 12.4. The molecule has 0 radical (unpaired) electrons. The van der Waals surface area contributed by atoms with Crippen LogP contribution in [-0.4, -0.2) is 52.3 Å². The van der Waals surface area contributed by atoms with Crippen LogP contribution < -0.4 is 5.32 Å². The second kappa shape index (κ2) is 9.65. The third-order valence-corrected chi connectivity index (χ3v) is 7.46. The van der Waals surface area contributed by atoms with E-state index in [1.165, 1.54) is 0 Å². The smallest absolute Gasteiger partial charge is 0.247 e. The van der Waals surface area contributed by atoms with Gasteiger partial charge in [0.1, 0.15) is 6.04 Å². The number of rotatable bonds is 7. The van der Waals surface area contributed by atoms with Crippen molar-refractivity contribution in [2.45, 2.75) is 69.2 Å². The molecule has 7 heteroatoms. The van der Waals surface area contributed by atoms with E-state index in [9.17, 15) is 9.59 Å². The minimum Gasteiger partial charge on any atom is -0.379 e. The third kappa shape index (κ3) is 4.48. The molecule has 2 amide bonds. The third-order valence-electron chi connectivity index (χ3n) is 6.30. The fourth-order valence-corrected chi connectivity index (χ4v) is 5.96. The number of carbonyl (C=O) groups is 2. The molecule has 6 nitrogen and oxygen atoms in total. The molecule has 1 saturated carbocycles. The zero-order valence-corrected chi connectivity index (χ0v) is 19.5. The Morgan fingerprint density at radius 3 is 2.74 bits per heavy atom. The van der Waals surface area contributed by atoms with Gasteiger partial charge in [-0.05, 0) is 39.2 Å². The Bertz CT molecular complexity index is 949. The zero-order valence-electron chi connectivity index (χ0n) is 18.7. The van der Waals surface area contributed by atoms with Gasteiger partial charge in [-0.15, -0.1) is 0 Å². The lowest BCUT2D eigenvalue weighted by molar-refractivity contribution is -0.141. The van der Waals surface area contributed by atoms with E-state index in [2.05, 4.69) is 22.0 Å². The molecule has 0 bridgehead atoms. The van der Waals surface area contributed by atoms with Crippen molar-refractivity contribution in [3.8, 4) is 0 Å². The van der Waals surface area contributed by atoms with Crippen molar-refractivity contribution < 1.29 is 14.3 Å². The van der Waals surface area contributed by atoms with Crippen molar-refractivity contribution in [2.75, 3.05) is 18.9 Å². The van der Waals surface area contributed by atoms with E-state index in [-0.39, 0.29) is 24.0 Å². The number of aromatic nitrogens is 1. The van der Waals surface area contributed by atoms with Crippen molar-refractivity contribution in [1.29, 1.82) is 0 Å². The Kier molecular flexibility index (Phi) is 6.92. The average Bonchev–Trinajstić information content (AvgIpc) is 3.33. The SMILES string of the molecule is CC(C)OCCCNC(=O)C1c2c(n(C)c3ccccc23)SCC(=O)N1C1CCCC1. The Morgan fingerprint density at radius 1 is 1.26 bits per heavy atom. The molecule has 1 fully saturated rings. The van der Waals surface area contributed by atoms with Crippen molar-refractivity contribution >= 4 is 34.5 Å². The Hall–Kier alpha value is -1.99.